The monoisotopic (exact) mass is 383 g/mol. The normalized spacial score (nSPS) is 10.9. The predicted molar refractivity (Wildman–Crippen MR) is 83.9 cm³/mol. The van der Waals surface area contributed by atoms with Crippen molar-refractivity contribution in [1.82, 2.24) is 15.0 Å². The Morgan fingerprint density at radius 1 is 1.21 bits per heavy atom. The van der Waals surface area contributed by atoms with E-state index in [0.717, 1.165) is 19.5 Å². The fourth-order valence-corrected chi connectivity index (χ4v) is 3.03. The van der Waals surface area contributed by atoms with Gasteiger partial charge < -0.3 is 4.74 Å². The van der Waals surface area contributed by atoms with Crippen LogP contribution in [0.3, 0.4) is 0 Å². The van der Waals surface area contributed by atoms with Gasteiger partial charge in [-0.1, -0.05) is 0 Å². The van der Waals surface area contributed by atoms with E-state index in [1.54, 1.807) is 17.5 Å². The number of ether oxygens (including phenoxy) is 1. The fraction of sp³-hybridized carbons (Fsp3) is 0.154. The number of rotatable bonds is 2. The lowest BCUT2D eigenvalue weighted by Gasteiger charge is -2.07. The molecule has 0 N–H and O–H groups in total. The highest BCUT2D eigenvalue weighted by Gasteiger charge is 2.12. The first kappa shape index (κ1) is 12.7. The smallest absolute Gasteiger partial charge is 0.231 e. The molecule has 19 heavy (non-hydrogen) atoms. The number of pyridine rings is 1. The van der Waals surface area contributed by atoms with Gasteiger partial charge in [0.15, 0.2) is 0 Å². The average Bonchev–Trinajstić information content (AvgIpc) is 2.74. The highest BCUT2D eigenvalue weighted by atomic mass is 127. The van der Waals surface area contributed by atoms with Crippen LogP contribution in [0, 0.1) is 17.5 Å². The maximum atomic E-state index is 5.86. The second-order valence-electron chi connectivity index (χ2n) is 4.09. The quantitative estimate of drug-likeness (QED) is 0.494. The molecule has 0 aliphatic heterocycles. The molecule has 0 unspecified atom stereocenters. The Hall–Kier alpha value is -1.28. The summed E-state index contributed by atoms with van der Waals surface area (Å²) in [5.74, 6) is 2.00. The predicted octanol–water partition coefficient (Wildman–Crippen LogP) is 4.10. The van der Waals surface area contributed by atoms with Crippen molar-refractivity contribution in [3.8, 4) is 11.6 Å². The minimum atomic E-state index is 0.601. The molecule has 3 aromatic rings. The largest absolute Gasteiger partial charge is 0.437 e. The van der Waals surface area contributed by atoms with Gasteiger partial charge >= 0.3 is 0 Å². The topological polar surface area (TPSA) is 47.9 Å². The number of hydrogen-bond donors (Lipinski definition) is 0. The number of aryl methyl sites for hydroxylation is 2. The lowest BCUT2D eigenvalue weighted by Crippen LogP contribution is -1.94. The number of nitrogens with zero attached hydrogens (tertiary/aromatic N) is 3. The van der Waals surface area contributed by atoms with Crippen LogP contribution < -0.4 is 4.74 Å². The summed E-state index contributed by atoms with van der Waals surface area (Å²) >= 11 is 3.77. The molecule has 0 aliphatic rings. The van der Waals surface area contributed by atoms with Crippen LogP contribution >= 0.6 is 33.9 Å². The van der Waals surface area contributed by atoms with E-state index in [0.29, 0.717) is 17.5 Å². The third-order valence-electron chi connectivity index (χ3n) is 2.61. The van der Waals surface area contributed by atoms with Crippen LogP contribution in [-0.4, -0.2) is 15.0 Å². The highest BCUT2D eigenvalue weighted by Crippen LogP contribution is 2.33. The number of fused-ring (bicyclic) bond motifs is 1. The second-order valence-corrected chi connectivity index (χ2v) is 6.06. The maximum Gasteiger partial charge on any atom is 0.231 e. The molecule has 6 heteroatoms. The van der Waals surface area contributed by atoms with Gasteiger partial charge in [-0.25, -0.2) is 9.97 Å². The van der Waals surface area contributed by atoms with Crippen molar-refractivity contribution in [3.63, 3.8) is 0 Å². The first-order chi connectivity index (χ1) is 9.13. The minimum absolute atomic E-state index is 0.601. The molecule has 3 heterocycles. The van der Waals surface area contributed by atoms with Crippen molar-refractivity contribution in [2.24, 2.45) is 0 Å². The zero-order valence-corrected chi connectivity index (χ0v) is 13.3. The summed E-state index contributed by atoms with van der Waals surface area (Å²) in [6, 6.07) is 3.79. The van der Waals surface area contributed by atoms with Crippen LogP contribution in [0.25, 0.3) is 10.2 Å². The highest BCUT2D eigenvalue weighted by molar-refractivity contribution is 14.1. The Balaban J connectivity index is 2.09. The summed E-state index contributed by atoms with van der Waals surface area (Å²) in [4.78, 5) is 14.0. The van der Waals surface area contributed by atoms with Gasteiger partial charge in [0.25, 0.3) is 0 Å². The molecule has 0 bridgehead atoms. The van der Waals surface area contributed by atoms with E-state index in [2.05, 4.69) is 42.9 Å². The van der Waals surface area contributed by atoms with E-state index in [-0.39, 0.29) is 0 Å². The van der Waals surface area contributed by atoms with Gasteiger partial charge in [0.05, 0.1) is 11.6 Å². The molecule has 0 atom stereocenters. The zero-order valence-electron chi connectivity index (χ0n) is 10.3. The van der Waals surface area contributed by atoms with Gasteiger partial charge in [0, 0.05) is 0 Å². The summed E-state index contributed by atoms with van der Waals surface area (Å²) < 4.78 is 6.79. The average molecular weight is 383 g/mol. The van der Waals surface area contributed by atoms with Gasteiger partial charge in [-0.15, -0.1) is 11.3 Å². The summed E-state index contributed by atoms with van der Waals surface area (Å²) in [6.45, 7) is 3.91. The fourth-order valence-electron chi connectivity index (χ4n) is 1.76. The number of thiophene rings is 1. The van der Waals surface area contributed by atoms with E-state index in [4.69, 9.17) is 4.74 Å². The Morgan fingerprint density at radius 3 is 2.79 bits per heavy atom. The Bertz CT molecular complexity index is 739. The van der Waals surface area contributed by atoms with E-state index in [1.807, 2.05) is 26.0 Å². The van der Waals surface area contributed by atoms with E-state index in [9.17, 15) is 0 Å². The van der Waals surface area contributed by atoms with E-state index < -0.39 is 0 Å². The number of halogens is 1. The van der Waals surface area contributed by atoms with Crippen molar-refractivity contribution in [1.29, 1.82) is 0 Å². The molecule has 0 spiro atoms. The third kappa shape index (κ3) is 2.55. The minimum Gasteiger partial charge on any atom is -0.437 e. The standard InChI is InChI=1S/C13H10IN3OS/c1-7-6-19-13-11(7)12(16-8(2)17-13)18-9-3-4-10(14)15-5-9/h3-6H,1-2H3. The van der Waals surface area contributed by atoms with Crippen molar-refractivity contribution in [3.05, 3.63) is 38.8 Å². The molecular formula is C13H10IN3OS. The molecule has 0 aromatic carbocycles. The van der Waals surface area contributed by atoms with Crippen molar-refractivity contribution < 1.29 is 4.74 Å². The van der Waals surface area contributed by atoms with E-state index in [1.165, 1.54) is 0 Å². The summed E-state index contributed by atoms with van der Waals surface area (Å²) in [7, 11) is 0. The lowest BCUT2D eigenvalue weighted by atomic mass is 10.2. The first-order valence-electron chi connectivity index (χ1n) is 5.65. The molecule has 0 aliphatic carbocycles. The van der Waals surface area contributed by atoms with Crippen LogP contribution in [0.1, 0.15) is 11.4 Å². The van der Waals surface area contributed by atoms with Crippen molar-refractivity contribution in [2.75, 3.05) is 0 Å². The Morgan fingerprint density at radius 2 is 2.05 bits per heavy atom. The molecule has 3 aromatic heterocycles. The van der Waals surface area contributed by atoms with Gasteiger partial charge in [-0.3, -0.25) is 0 Å². The second kappa shape index (κ2) is 5.01. The van der Waals surface area contributed by atoms with Gasteiger partial charge in [0.1, 0.15) is 20.1 Å². The third-order valence-corrected chi connectivity index (χ3v) is 4.24. The molecule has 0 fully saturated rings. The van der Waals surface area contributed by atoms with Crippen molar-refractivity contribution >= 4 is 44.1 Å². The van der Waals surface area contributed by atoms with Crippen LogP contribution in [0.4, 0.5) is 0 Å². The Kier molecular flexibility index (Phi) is 3.36. The number of hydrogen-bond acceptors (Lipinski definition) is 5. The molecule has 0 amide bonds. The number of aromatic nitrogens is 3. The molecule has 96 valence electrons. The summed E-state index contributed by atoms with van der Waals surface area (Å²) in [6.07, 6.45) is 1.70. The Labute approximate surface area is 128 Å². The maximum absolute atomic E-state index is 5.86. The molecule has 4 nitrogen and oxygen atoms in total. The van der Waals surface area contributed by atoms with Crippen LogP contribution in [-0.2, 0) is 0 Å². The van der Waals surface area contributed by atoms with Crippen molar-refractivity contribution in [2.45, 2.75) is 13.8 Å². The zero-order chi connectivity index (χ0) is 13.4. The molecule has 0 radical (unpaired) electrons. The summed E-state index contributed by atoms with van der Waals surface area (Å²) in [5.41, 5.74) is 1.13. The molecule has 0 saturated heterocycles. The van der Waals surface area contributed by atoms with Gasteiger partial charge in [0.2, 0.25) is 5.88 Å². The first-order valence-corrected chi connectivity index (χ1v) is 7.61. The summed E-state index contributed by atoms with van der Waals surface area (Å²) in [5, 5.41) is 3.05. The van der Waals surface area contributed by atoms with Crippen LogP contribution in [0.2, 0.25) is 0 Å². The molecule has 3 rings (SSSR count). The SMILES string of the molecule is Cc1nc(Oc2ccc(I)nc2)c2c(C)csc2n1. The molecule has 0 saturated carbocycles. The van der Waals surface area contributed by atoms with Gasteiger partial charge in [-0.05, 0) is 59.5 Å². The lowest BCUT2D eigenvalue weighted by molar-refractivity contribution is 0.464. The van der Waals surface area contributed by atoms with Gasteiger partial charge in [-0.2, -0.15) is 4.98 Å². The van der Waals surface area contributed by atoms with Crippen LogP contribution in [0.5, 0.6) is 11.6 Å². The molecular weight excluding hydrogens is 373 g/mol. The van der Waals surface area contributed by atoms with E-state index >= 15 is 0 Å². The van der Waals surface area contributed by atoms with Crippen LogP contribution in [0.15, 0.2) is 23.7 Å².